The van der Waals surface area contributed by atoms with Crippen molar-refractivity contribution in [1.82, 2.24) is 19.8 Å². The zero-order chi connectivity index (χ0) is 52.1. The van der Waals surface area contributed by atoms with Gasteiger partial charge in [0.05, 0.1) is 12.0 Å². The van der Waals surface area contributed by atoms with Gasteiger partial charge in [-0.05, 0) is 134 Å². The molecule has 2 atom stereocenters. The second-order valence-corrected chi connectivity index (χ2v) is 21.6. The number of para-hydroxylation sites is 2. The maximum absolute atomic E-state index is 13.0. The number of halogens is 2. The Hall–Kier alpha value is -4.71. The second-order valence-electron chi connectivity index (χ2n) is 18.7. The number of anilines is 2. The number of aliphatic carboxylic acids is 1. The Morgan fingerprint density at radius 3 is 1.51 bits per heavy atom. The number of carboxylic acids is 1. The first-order valence-corrected chi connectivity index (χ1v) is 27.8. The van der Waals surface area contributed by atoms with E-state index in [0.717, 1.165) is 88.6 Å². The van der Waals surface area contributed by atoms with Gasteiger partial charge in [-0.15, -0.1) is 22.7 Å². The lowest BCUT2D eigenvalue weighted by molar-refractivity contribution is -0.141. The summed E-state index contributed by atoms with van der Waals surface area (Å²) in [6.45, 7) is 15.4. The van der Waals surface area contributed by atoms with Crippen LogP contribution < -0.4 is 20.9 Å². The smallest absolute Gasteiger partial charge is 0.376 e. The summed E-state index contributed by atoms with van der Waals surface area (Å²) in [7, 11) is -0.976. The van der Waals surface area contributed by atoms with Crippen LogP contribution in [0.15, 0.2) is 132 Å². The lowest BCUT2D eigenvalue weighted by Gasteiger charge is -2.38. The van der Waals surface area contributed by atoms with E-state index in [2.05, 4.69) is 102 Å². The van der Waals surface area contributed by atoms with Crippen molar-refractivity contribution in [3.05, 3.63) is 174 Å². The molecule has 8 rings (SSSR count). The molecule has 0 unspecified atom stereocenters. The topological polar surface area (TPSA) is 149 Å². The van der Waals surface area contributed by atoms with Crippen molar-refractivity contribution in [2.75, 3.05) is 75.2 Å². The predicted octanol–water partition coefficient (Wildman–Crippen LogP) is 8.69. The van der Waals surface area contributed by atoms with Crippen molar-refractivity contribution in [3.8, 4) is 0 Å². The Bertz CT molecular complexity index is 2530. The van der Waals surface area contributed by atoms with Gasteiger partial charge in [-0.1, -0.05) is 103 Å². The largest absolute Gasteiger partial charge is 0.481 e. The number of carbonyl (C=O) groups is 2. The van der Waals surface area contributed by atoms with Crippen molar-refractivity contribution in [3.63, 3.8) is 0 Å². The van der Waals surface area contributed by atoms with Gasteiger partial charge in [-0.25, -0.2) is 0 Å². The van der Waals surface area contributed by atoms with Crippen LogP contribution in [0.5, 0.6) is 0 Å². The van der Waals surface area contributed by atoms with Crippen molar-refractivity contribution < 1.29 is 24.7 Å². The quantitative estimate of drug-likeness (QED) is 0.0468. The van der Waals surface area contributed by atoms with Crippen LogP contribution in [0.25, 0.3) is 0 Å². The number of piperazine rings is 2. The molecule has 2 fully saturated rings. The van der Waals surface area contributed by atoms with Gasteiger partial charge >= 0.3 is 20.1 Å². The van der Waals surface area contributed by atoms with Crippen LogP contribution in [-0.2, 0) is 48.4 Å². The average Bonchev–Trinajstić information content (AvgIpc) is 4.14. The number of rotatable bonds is 20. The summed E-state index contributed by atoms with van der Waals surface area (Å²) in [5.41, 5.74) is 13.2. The molecule has 0 aliphatic carbocycles. The van der Waals surface area contributed by atoms with E-state index in [4.69, 9.17) is 34.0 Å². The fourth-order valence-corrected chi connectivity index (χ4v) is 10.5. The highest BCUT2D eigenvalue weighted by Crippen LogP contribution is 2.26. The van der Waals surface area contributed by atoms with Crippen LogP contribution in [0.4, 0.5) is 11.4 Å². The van der Waals surface area contributed by atoms with Crippen molar-refractivity contribution in [1.29, 1.82) is 0 Å². The third-order valence-electron chi connectivity index (χ3n) is 13.2. The first kappa shape index (κ1) is 57.6. The number of nitrogens with one attached hydrogen (secondary N) is 1. The number of hydrogen-bond donors (Lipinski definition) is 5. The molecule has 0 spiro atoms. The number of amides is 1. The Labute approximate surface area is 451 Å². The number of nitrogens with zero attached hydrogens (tertiary/aromatic N) is 5. The lowest BCUT2D eigenvalue weighted by atomic mass is 9.84. The number of nitrogens with two attached hydrogens (primary N) is 1. The number of thiophene rings is 2. The van der Waals surface area contributed by atoms with Gasteiger partial charge in [0.15, 0.2) is 0 Å². The molecule has 73 heavy (non-hydrogen) atoms. The Morgan fingerprint density at radius 2 is 1.08 bits per heavy atom. The first-order valence-electron chi connectivity index (χ1n) is 25.3. The predicted molar refractivity (Wildman–Crippen MR) is 306 cm³/mol. The maximum atomic E-state index is 13.0. The highest BCUT2D eigenvalue weighted by molar-refractivity contribution is 7.10. The van der Waals surface area contributed by atoms with E-state index < -0.39 is 26.1 Å². The minimum absolute atomic E-state index is 0.00765. The molecule has 6 aromatic rings. The van der Waals surface area contributed by atoms with E-state index in [0.29, 0.717) is 42.5 Å². The van der Waals surface area contributed by atoms with Crippen LogP contribution in [0.1, 0.15) is 38.9 Å². The van der Waals surface area contributed by atoms with Gasteiger partial charge in [0, 0.05) is 96.6 Å². The van der Waals surface area contributed by atoms with E-state index >= 15 is 0 Å². The molecule has 2 aromatic heterocycles. The summed E-state index contributed by atoms with van der Waals surface area (Å²) in [4.78, 5) is 37.2. The molecule has 6 N–H and O–H groups in total. The van der Waals surface area contributed by atoms with Crippen LogP contribution in [0, 0.1) is 5.92 Å². The molecule has 0 radical (unpaired) electrons. The molecule has 1 amide bonds. The Kier molecular flexibility index (Phi) is 23.7. The standard InChI is InChI=1S/C27H34BClN4O2S.C18H26BN3OS.C10H11ClO2/c1-28(35)33(13-12-24-6-4-18-36-24)20-22-5-2-3-7-26(22)31-14-16-32(17-15-31)27(34)25(30)19-21-8-10-23(29)11-9-21;1-19(23)22(11-8-17-6-4-14-24-17)15-16-5-2-3-7-18(16)21-12-9-20-10-13-21;1-7(10(12)13)6-8-2-4-9(11)5-3-8/h2-11,18,25,35H,12-17,19-20,30H2,1H3;2-7,14,20,23H,8-13,15H2,1H3;2-5,7H,6H2,1H3,(H,12,13)/t25-;;7-/m1.1/s1. The van der Waals surface area contributed by atoms with Crippen molar-refractivity contribution in [2.24, 2.45) is 11.7 Å². The molecular formula is C55H71B2Cl2N7O5S2. The first-order chi connectivity index (χ1) is 35.2. The van der Waals surface area contributed by atoms with E-state index in [-0.39, 0.29) is 11.8 Å². The van der Waals surface area contributed by atoms with Gasteiger partial charge in [0.25, 0.3) is 0 Å². The minimum Gasteiger partial charge on any atom is -0.481 e. The minimum atomic E-state index is -0.769. The fraction of sp³-hybridized carbons (Fsp3) is 0.382. The van der Waals surface area contributed by atoms with Gasteiger partial charge < -0.3 is 50.5 Å². The van der Waals surface area contributed by atoms with E-state index in [1.165, 1.54) is 26.6 Å². The SMILES string of the molecule is CB(O)N(CCc1cccs1)Cc1ccccc1N1CCN(C(=O)[C@H](N)Cc2ccc(Cl)cc2)CC1.CB(O)N(CCc1cccs1)Cc1ccccc1N1CCNCC1.C[C@H](Cc1ccc(Cl)cc1)C(=O)O. The summed E-state index contributed by atoms with van der Waals surface area (Å²) in [6, 6.07) is 39.6. The van der Waals surface area contributed by atoms with E-state index in [1.54, 1.807) is 41.7 Å². The van der Waals surface area contributed by atoms with Crippen molar-refractivity contribution >= 4 is 83.2 Å². The highest BCUT2D eigenvalue weighted by atomic mass is 35.5. The second kappa shape index (κ2) is 30.0. The highest BCUT2D eigenvalue weighted by Gasteiger charge is 2.27. The summed E-state index contributed by atoms with van der Waals surface area (Å²) >= 11 is 15.2. The molecule has 0 saturated carbocycles. The van der Waals surface area contributed by atoms with Gasteiger partial charge in [0.2, 0.25) is 5.91 Å². The molecule has 18 heteroatoms. The van der Waals surface area contributed by atoms with Crippen LogP contribution >= 0.6 is 45.9 Å². The molecule has 12 nitrogen and oxygen atoms in total. The summed E-state index contributed by atoms with van der Waals surface area (Å²) in [5.74, 6) is -1.12. The van der Waals surface area contributed by atoms with Gasteiger partial charge in [-0.2, -0.15) is 0 Å². The van der Waals surface area contributed by atoms with Crippen LogP contribution in [0.3, 0.4) is 0 Å². The van der Waals surface area contributed by atoms with Gasteiger partial charge in [0.1, 0.15) is 0 Å². The average molecular weight is 1070 g/mol. The monoisotopic (exact) mass is 1070 g/mol. The number of carboxylic acid groups (broad SMARTS) is 1. The molecule has 2 aliphatic heterocycles. The number of hydrogen-bond acceptors (Lipinski definition) is 12. The van der Waals surface area contributed by atoms with Gasteiger partial charge in [-0.3, -0.25) is 9.59 Å². The van der Waals surface area contributed by atoms with Crippen LogP contribution in [-0.4, -0.2) is 127 Å². The maximum Gasteiger partial charge on any atom is 0.376 e. The zero-order valence-corrected chi connectivity index (χ0v) is 45.5. The Balaban J connectivity index is 0.000000201. The fourth-order valence-electron chi connectivity index (χ4n) is 8.89. The molecule has 2 saturated heterocycles. The van der Waals surface area contributed by atoms with E-state index in [9.17, 15) is 19.6 Å². The molecule has 4 heterocycles. The Morgan fingerprint density at radius 1 is 0.644 bits per heavy atom. The summed E-state index contributed by atoms with van der Waals surface area (Å²) in [6.07, 6.45) is 2.95. The molecule has 0 bridgehead atoms. The summed E-state index contributed by atoms with van der Waals surface area (Å²) < 4.78 is 0. The molecular weight excluding hydrogens is 995 g/mol. The third kappa shape index (κ3) is 18.9. The zero-order valence-electron chi connectivity index (χ0n) is 42.4. The van der Waals surface area contributed by atoms with Crippen molar-refractivity contribution in [2.45, 2.75) is 65.4 Å². The third-order valence-corrected chi connectivity index (χ3v) is 15.6. The number of carbonyl (C=O) groups excluding carboxylic acids is 1. The van der Waals surface area contributed by atoms with E-state index in [1.807, 2.05) is 61.0 Å². The lowest BCUT2D eigenvalue weighted by Crippen LogP contribution is -2.54. The number of benzene rings is 4. The normalized spacial score (nSPS) is 14.5. The molecule has 4 aromatic carbocycles. The summed E-state index contributed by atoms with van der Waals surface area (Å²) in [5, 5.41) is 38.3. The molecule has 2 aliphatic rings. The van der Waals surface area contributed by atoms with Crippen LogP contribution in [0.2, 0.25) is 23.7 Å². The molecule has 388 valence electrons.